The maximum atomic E-state index is 6.53. The van der Waals surface area contributed by atoms with Gasteiger partial charge in [-0.1, -0.05) is 61.8 Å². The van der Waals surface area contributed by atoms with Gasteiger partial charge < -0.3 is 0 Å². The number of alkyl halides is 1. The number of rotatable bonds is 3. The first-order valence-electron chi connectivity index (χ1n) is 6.49. The summed E-state index contributed by atoms with van der Waals surface area (Å²) >= 11 is 12.7. The van der Waals surface area contributed by atoms with Gasteiger partial charge in [0.15, 0.2) is 0 Å². The molecule has 0 saturated carbocycles. The summed E-state index contributed by atoms with van der Waals surface area (Å²) in [4.78, 5) is 0. The van der Waals surface area contributed by atoms with Gasteiger partial charge in [-0.15, -0.1) is 11.6 Å². The lowest BCUT2D eigenvalue weighted by Crippen LogP contribution is -1.95. The van der Waals surface area contributed by atoms with Gasteiger partial charge >= 0.3 is 0 Å². The molecule has 0 radical (unpaired) electrons. The third-order valence-corrected chi connectivity index (χ3v) is 4.30. The van der Waals surface area contributed by atoms with Crippen molar-refractivity contribution in [3.05, 3.63) is 69.7 Å². The molecule has 2 rings (SSSR count). The molecule has 0 nitrogen and oxygen atoms in total. The van der Waals surface area contributed by atoms with Crippen molar-refractivity contribution in [2.75, 3.05) is 0 Å². The smallest absolute Gasteiger partial charge is 0.0835 e. The molecular formula is C17H18Cl2. The molecule has 0 saturated heterocycles. The predicted octanol–water partition coefficient (Wildman–Crippen LogP) is 6.10. The number of benzene rings is 2. The Kier molecular flexibility index (Phi) is 4.54. The molecule has 2 aromatic carbocycles. The van der Waals surface area contributed by atoms with Crippen LogP contribution in [0.15, 0.2) is 42.5 Å². The quantitative estimate of drug-likeness (QED) is 0.600. The summed E-state index contributed by atoms with van der Waals surface area (Å²) in [6.45, 7) is 6.37. The summed E-state index contributed by atoms with van der Waals surface area (Å²) in [6.07, 6.45) is 0. The zero-order valence-electron chi connectivity index (χ0n) is 11.5. The van der Waals surface area contributed by atoms with Gasteiger partial charge in [0.05, 0.1) is 5.38 Å². The van der Waals surface area contributed by atoms with Gasteiger partial charge in [-0.3, -0.25) is 0 Å². The second-order valence-corrected chi connectivity index (χ2v) is 6.04. The summed E-state index contributed by atoms with van der Waals surface area (Å²) in [7, 11) is 0. The van der Waals surface area contributed by atoms with Crippen LogP contribution in [0.3, 0.4) is 0 Å². The van der Waals surface area contributed by atoms with Gasteiger partial charge in [0, 0.05) is 5.02 Å². The van der Waals surface area contributed by atoms with Crippen molar-refractivity contribution in [2.24, 2.45) is 0 Å². The first-order chi connectivity index (χ1) is 8.99. The Labute approximate surface area is 125 Å². The van der Waals surface area contributed by atoms with E-state index >= 15 is 0 Å². The molecule has 0 aromatic heterocycles. The van der Waals surface area contributed by atoms with Crippen LogP contribution in [0.1, 0.15) is 47.4 Å². The number of aryl methyl sites for hydroxylation is 1. The van der Waals surface area contributed by atoms with E-state index in [1.807, 2.05) is 25.1 Å². The lowest BCUT2D eigenvalue weighted by Gasteiger charge is -2.13. The zero-order valence-corrected chi connectivity index (χ0v) is 13.0. The van der Waals surface area contributed by atoms with Crippen LogP contribution in [0.4, 0.5) is 0 Å². The molecule has 0 aliphatic carbocycles. The molecule has 2 heteroatoms. The fourth-order valence-corrected chi connectivity index (χ4v) is 2.48. The zero-order chi connectivity index (χ0) is 14.0. The molecule has 1 unspecified atom stereocenters. The molecule has 100 valence electrons. The van der Waals surface area contributed by atoms with Gasteiger partial charge in [0.2, 0.25) is 0 Å². The lowest BCUT2D eigenvalue weighted by atomic mass is 9.98. The van der Waals surface area contributed by atoms with Gasteiger partial charge in [-0.05, 0) is 41.2 Å². The van der Waals surface area contributed by atoms with Crippen molar-refractivity contribution >= 4 is 23.2 Å². The summed E-state index contributed by atoms with van der Waals surface area (Å²) in [5.41, 5.74) is 4.54. The highest BCUT2D eigenvalue weighted by molar-refractivity contribution is 6.31. The maximum Gasteiger partial charge on any atom is 0.0835 e. The largest absolute Gasteiger partial charge is 0.113 e. The molecule has 1 atom stereocenters. The molecule has 0 N–H and O–H groups in total. The topological polar surface area (TPSA) is 0 Å². The van der Waals surface area contributed by atoms with Crippen LogP contribution >= 0.6 is 23.2 Å². The minimum absolute atomic E-state index is 0.153. The van der Waals surface area contributed by atoms with E-state index in [4.69, 9.17) is 23.2 Å². The molecule has 0 bridgehead atoms. The lowest BCUT2D eigenvalue weighted by molar-refractivity contribution is 0.865. The normalized spacial score (nSPS) is 12.7. The molecule has 0 aliphatic heterocycles. The Bertz CT molecular complexity index is 556. The Morgan fingerprint density at radius 2 is 1.37 bits per heavy atom. The average Bonchev–Trinajstić information content (AvgIpc) is 2.41. The van der Waals surface area contributed by atoms with Gasteiger partial charge in [-0.2, -0.15) is 0 Å². The Hall–Kier alpha value is -0.980. The molecule has 0 amide bonds. The van der Waals surface area contributed by atoms with E-state index in [2.05, 4.69) is 38.1 Å². The molecule has 2 aromatic rings. The van der Waals surface area contributed by atoms with Crippen molar-refractivity contribution in [1.82, 2.24) is 0 Å². The van der Waals surface area contributed by atoms with E-state index in [1.54, 1.807) is 0 Å². The molecule has 0 aliphatic rings. The highest BCUT2D eigenvalue weighted by Crippen LogP contribution is 2.32. The van der Waals surface area contributed by atoms with Crippen LogP contribution in [0, 0.1) is 6.92 Å². The van der Waals surface area contributed by atoms with E-state index in [0.717, 1.165) is 21.7 Å². The second-order valence-electron chi connectivity index (χ2n) is 5.19. The van der Waals surface area contributed by atoms with Crippen molar-refractivity contribution in [1.29, 1.82) is 0 Å². The van der Waals surface area contributed by atoms with Crippen LogP contribution < -0.4 is 0 Å². The molecule has 0 heterocycles. The van der Waals surface area contributed by atoms with Crippen LogP contribution in [-0.4, -0.2) is 0 Å². The number of halogens is 2. The fourth-order valence-electron chi connectivity index (χ4n) is 2.01. The van der Waals surface area contributed by atoms with Crippen molar-refractivity contribution in [2.45, 2.75) is 32.1 Å². The van der Waals surface area contributed by atoms with Crippen LogP contribution in [0.5, 0.6) is 0 Å². The Morgan fingerprint density at radius 3 is 1.89 bits per heavy atom. The van der Waals surface area contributed by atoms with Crippen LogP contribution in [0.25, 0.3) is 0 Å². The standard InChI is InChI=1S/C17H18Cl2/c1-11(2)13-6-8-14(9-7-13)17(19)15-5-4-12(3)16(18)10-15/h4-11,17H,1-3H3. The summed E-state index contributed by atoms with van der Waals surface area (Å²) in [5, 5.41) is 0.612. The number of hydrogen-bond donors (Lipinski definition) is 0. The molecule has 19 heavy (non-hydrogen) atoms. The highest BCUT2D eigenvalue weighted by atomic mass is 35.5. The minimum atomic E-state index is -0.153. The molecule has 0 spiro atoms. The van der Waals surface area contributed by atoms with Gasteiger partial charge in [0.25, 0.3) is 0 Å². The first-order valence-corrected chi connectivity index (χ1v) is 7.30. The van der Waals surface area contributed by atoms with E-state index < -0.39 is 0 Å². The van der Waals surface area contributed by atoms with Gasteiger partial charge in [0.1, 0.15) is 0 Å². The minimum Gasteiger partial charge on any atom is -0.113 e. The maximum absolute atomic E-state index is 6.53. The first kappa shape index (κ1) is 14.4. The Balaban J connectivity index is 2.27. The van der Waals surface area contributed by atoms with Crippen molar-refractivity contribution < 1.29 is 0 Å². The fraction of sp³-hybridized carbons (Fsp3) is 0.294. The average molecular weight is 293 g/mol. The second kappa shape index (κ2) is 5.98. The van der Waals surface area contributed by atoms with E-state index in [1.165, 1.54) is 5.56 Å². The summed E-state index contributed by atoms with van der Waals surface area (Å²) in [6, 6.07) is 14.5. The monoisotopic (exact) mass is 292 g/mol. The molecule has 0 fully saturated rings. The number of hydrogen-bond acceptors (Lipinski definition) is 0. The third kappa shape index (κ3) is 3.32. The van der Waals surface area contributed by atoms with E-state index in [0.29, 0.717) is 5.92 Å². The highest BCUT2D eigenvalue weighted by Gasteiger charge is 2.12. The van der Waals surface area contributed by atoms with Crippen LogP contribution in [0.2, 0.25) is 5.02 Å². The van der Waals surface area contributed by atoms with Gasteiger partial charge in [-0.25, -0.2) is 0 Å². The van der Waals surface area contributed by atoms with Crippen molar-refractivity contribution in [3.63, 3.8) is 0 Å². The molecular weight excluding hydrogens is 275 g/mol. The third-order valence-electron chi connectivity index (χ3n) is 3.38. The predicted molar refractivity (Wildman–Crippen MR) is 84.4 cm³/mol. The Morgan fingerprint density at radius 1 is 0.842 bits per heavy atom. The van der Waals surface area contributed by atoms with E-state index in [-0.39, 0.29) is 5.38 Å². The van der Waals surface area contributed by atoms with Crippen LogP contribution in [-0.2, 0) is 0 Å². The van der Waals surface area contributed by atoms with E-state index in [9.17, 15) is 0 Å². The summed E-state index contributed by atoms with van der Waals surface area (Å²) in [5.74, 6) is 0.539. The van der Waals surface area contributed by atoms with Crippen molar-refractivity contribution in [3.8, 4) is 0 Å². The summed E-state index contributed by atoms with van der Waals surface area (Å²) < 4.78 is 0. The SMILES string of the molecule is Cc1ccc(C(Cl)c2ccc(C(C)C)cc2)cc1Cl.